The zero-order chi connectivity index (χ0) is 22.9. The summed E-state index contributed by atoms with van der Waals surface area (Å²) in [6, 6.07) is 10.5. The van der Waals surface area contributed by atoms with E-state index in [-0.39, 0.29) is 22.4 Å². The molecule has 1 aliphatic heterocycles. The summed E-state index contributed by atoms with van der Waals surface area (Å²) in [5, 5.41) is 14.2. The fourth-order valence-electron chi connectivity index (χ4n) is 4.15. The van der Waals surface area contributed by atoms with E-state index in [9.17, 15) is 14.9 Å². The van der Waals surface area contributed by atoms with Crippen LogP contribution in [-0.2, 0) is 11.3 Å². The number of benzene rings is 1. The number of nitrogen functional groups attached to an aromatic ring is 1. The third kappa shape index (κ3) is 6.40. The Kier molecular flexibility index (Phi) is 8.38. The summed E-state index contributed by atoms with van der Waals surface area (Å²) in [4.78, 5) is 32.0. The molecule has 1 saturated heterocycles. The molecule has 1 aromatic heterocycles. The van der Waals surface area contributed by atoms with Gasteiger partial charge >= 0.3 is 0 Å². The van der Waals surface area contributed by atoms with Crippen LogP contribution in [0.5, 0.6) is 0 Å². The molecule has 0 unspecified atom stereocenters. The zero-order valence-electron chi connectivity index (χ0n) is 18.6. The molecule has 3 rings (SSSR count). The van der Waals surface area contributed by atoms with E-state index in [0.717, 1.165) is 44.5 Å². The van der Waals surface area contributed by atoms with Crippen LogP contribution in [-0.4, -0.2) is 58.3 Å². The lowest BCUT2D eigenvalue weighted by molar-refractivity contribution is -0.384. The van der Waals surface area contributed by atoms with Crippen molar-refractivity contribution in [2.45, 2.75) is 32.7 Å². The van der Waals surface area contributed by atoms with E-state index in [0.29, 0.717) is 31.1 Å². The lowest BCUT2D eigenvalue weighted by atomic mass is 9.95. The van der Waals surface area contributed by atoms with Crippen LogP contribution in [0.15, 0.2) is 42.6 Å². The number of carbonyl (C=O) groups is 1. The Labute approximate surface area is 188 Å². The molecule has 0 saturated carbocycles. The molecule has 1 aromatic carbocycles. The van der Waals surface area contributed by atoms with Crippen LogP contribution in [0.2, 0.25) is 0 Å². The molecule has 0 aliphatic carbocycles. The maximum atomic E-state index is 13.0. The van der Waals surface area contributed by atoms with Crippen LogP contribution in [0.25, 0.3) is 0 Å². The molecule has 3 N–H and O–H groups in total. The highest BCUT2D eigenvalue weighted by Crippen LogP contribution is 2.24. The van der Waals surface area contributed by atoms with Gasteiger partial charge in [-0.2, -0.15) is 0 Å². The number of aromatic nitrogens is 1. The molecule has 2 heterocycles. The fraction of sp³-hybridized carbons (Fsp3) is 0.478. The molecule has 9 heteroatoms. The second-order valence-electron chi connectivity index (χ2n) is 8.11. The van der Waals surface area contributed by atoms with Crippen LogP contribution in [0, 0.1) is 16.0 Å². The molecule has 0 spiro atoms. The molecule has 172 valence electrons. The summed E-state index contributed by atoms with van der Waals surface area (Å²) < 4.78 is 0. The first-order valence-electron chi connectivity index (χ1n) is 11.2. The SMILES string of the molecule is CCN(CCCNc1ccccc1[N+](=O)[O-])C(=O)C1CCN(Cc2ccnc(N)c2)CC1. The minimum absolute atomic E-state index is 0.0527. The van der Waals surface area contributed by atoms with Gasteiger partial charge in [0.15, 0.2) is 0 Å². The molecule has 1 amide bonds. The van der Waals surface area contributed by atoms with Crippen molar-refractivity contribution in [1.82, 2.24) is 14.8 Å². The van der Waals surface area contributed by atoms with E-state index in [1.54, 1.807) is 24.4 Å². The van der Waals surface area contributed by atoms with E-state index in [2.05, 4.69) is 15.2 Å². The normalized spacial score (nSPS) is 14.8. The van der Waals surface area contributed by atoms with Crippen LogP contribution < -0.4 is 11.1 Å². The Morgan fingerprint density at radius 2 is 2.06 bits per heavy atom. The number of nitro groups is 1. The average molecular weight is 441 g/mol. The van der Waals surface area contributed by atoms with Gasteiger partial charge in [0, 0.05) is 44.4 Å². The number of nitrogens with two attached hydrogens (primary N) is 1. The van der Waals surface area contributed by atoms with Gasteiger partial charge in [-0.3, -0.25) is 19.8 Å². The summed E-state index contributed by atoms with van der Waals surface area (Å²) in [5.41, 5.74) is 7.48. The number of nitrogens with one attached hydrogen (secondary N) is 1. The summed E-state index contributed by atoms with van der Waals surface area (Å²) in [7, 11) is 0. The van der Waals surface area contributed by atoms with Crippen LogP contribution in [0.4, 0.5) is 17.2 Å². The van der Waals surface area contributed by atoms with Crippen molar-refractivity contribution in [1.29, 1.82) is 0 Å². The number of carbonyl (C=O) groups excluding carboxylic acids is 1. The molecule has 2 aromatic rings. The minimum atomic E-state index is -0.389. The number of rotatable bonds is 10. The summed E-state index contributed by atoms with van der Waals surface area (Å²) in [5.74, 6) is 0.797. The van der Waals surface area contributed by atoms with Gasteiger partial charge < -0.3 is 16.0 Å². The van der Waals surface area contributed by atoms with Crippen molar-refractivity contribution in [3.05, 3.63) is 58.3 Å². The Balaban J connectivity index is 1.42. The standard InChI is InChI=1S/C23H32N6O3/c1-2-28(13-5-11-25-20-6-3-4-7-21(20)29(31)32)23(30)19-9-14-27(15-10-19)17-18-8-12-26-22(24)16-18/h3-4,6-8,12,16,19,25H,2,5,9-11,13-15,17H2,1H3,(H2,24,26). The molecule has 0 radical (unpaired) electrons. The first-order chi connectivity index (χ1) is 15.5. The van der Waals surface area contributed by atoms with E-state index in [4.69, 9.17) is 5.73 Å². The maximum absolute atomic E-state index is 13.0. The Hall–Kier alpha value is -3.20. The Morgan fingerprint density at radius 3 is 2.75 bits per heavy atom. The molecule has 32 heavy (non-hydrogen) atoms. The second-order valence-corrected chi connectivity index (χ2v) is 8.11. The van der Waals surface area contributed by atoms with E-state index >= 15 is 0 Å². The number of piperidine rings is 1. The number of nitrogens with zero attached hydrogens (tertiary/aromatic N) is 4. The molecular weight excluding hydrogens is 408 g/mol. The number of hydrogen-bond acceptors (Lipinski definition) is 7. The van der Waals surface area contributed by atoms with Gasteiger partial charge in [-0.1, -0.05) is 12.1 Å². The van der Waals surface area contributed by atoms with Crippen molar-refractivity contribution in [2.24, 2.45) is 5.92 Å². The number of nitro benzene ring substituents is 1. The van der Waals surface area contributed by atoms with Gasteiger partial charge in [-0.25, -0.2) is 4.98 Å². The highest BCUT2D eigenvalue weighted by atomic mass is 16.6. The van der Waals surface area contributed by atoms with Crippen LogP contribution in [0.1, 0.15) is 31.7 Å². The van der Waals surface area contributed by atoms with Gasteiger partial charge in [-0.15, -0.1) is 0 Å². The number of anilines is 2. The molecule has 9 nitrogen and oxygen atoms in total. The summed E-state index contributed by atoms with van der Waals surface area (Å²) >= 11 is 0. The highest BCUT2D eigenvalue weighted by molar-refractivity contribution is 5.79. The number of hydrogen-bond donors (Lipinski definition) is 2. The first-order valence-corrected chi connectivity index (χ1v) is 11.2. The zero-order valence-corrected chi connectivity index (χ0v) is 18.6. The molecular formula is C23H32N6O3. The van der Waals surface area contributed by atoms with E-state index in [1.807, 2.05) is 24.0 Å². The van der Waals surface area contributed by atoms with Crippen molar-refractivity contribution >= 4 is 23.1 Å². The van der Waals surface area contributed by atoms with Gasteiger partial charge in [0.05, 0.1) is 4.92 Å². The van der Waals surface area contributed by atoms with Crippen LogP contribution >= 0.6 is 0 Å². The summed E-state index contributed by atoms with van der Waals surface area (Å²) in [6.45, 7) is 6.46. The van der Waals surface area contributed by atoms with Crippen molar-refractivity contribution in [3.63, 3.8) is 0 Å². The highest BCUT2D eigenvalue weighted by Gasteiger charge is 2.28. The topological polar surface area (TPSA) is 118 Å². The van der Waals surface area contributed by atoms with Gasteiger partial charge in [-0.05, 0) is 63.0 Å². The van der Waals surface area contributed by atoms with Crippen molar-refractivity contribution in [2.75, 3.05) is 43.8 Å². The lowest BCUT2D eigenvalue weighted by Crippen LogP contribution is -2.43. The van der Waals surface area contributed by atoms with Gasteiger partial charge in [0.2, 0.25) is 5.91 Å². The number of likely N-dealkylation sites (tertiary alicyclic amines) is 1. The Morgan fingerprint density at radius 1 is 1.31 bits per heavy atom. The summed E-state index contributed by atoms with van der Waals surface area (Å²) in [6.07, 6.45) is 4.16. The number of amides is 1. The third-order valence-corrected chi connectivity index (χ3v) is 5.90. The molecule has 1 aliphatic rings. The minimum Gasteiger partial charge on any atom is -0.384 e. The van der Waals surface area contributed by atoms with E-state index in [1.165, 1.54) is 6.07 Å². The molecule has 0 bridgehead atoms. The van der Waals surface area contributed by atoms with Gasteiger partial charge in [0.1, 0.15) is 11.5 Å². The fourth-order valence-corrected chi connectivity index (χ4v) is 4.15. The monoisotopic (exact) mass is 440 g/mol. The van der Waals surface area contributed by atoms with Gasteiger partial charge in [0.25, 0.3) is 5.69 Å². The van der Waals surface area contributed by atoms with E-state index < -0.39 is 0 Å². The predicted octanol–water partition coefficient (Wildman–Crippen LogP) is 3.13. The predicted molar refractivity (Wildman–Crippen MR) is 125 cm³/mol. The van der Waals surface area contributed by atoms with Crippen molar-refractivity contribution in [3.8, 4) is 0 Å². The van der Waals surface area contributed by atoms with Crippen LogP contribution in [0.3, 0.4) is 0 Å². The molecule has 0 atom stereocenters. The lowest BCUT2D eigenvalue weighted by Gasteiger charge is -2.34. The largest absolute Gasteiger partial charge is 0.384 e. The number of pyridine rings is 1. The first kappa shape index (κ1) is 23.5. The number of para-hydroxylation sites is 2. The average Bonchev–Trinajstić information content (AvgIpc) is 2.79. The third-order valence-electron chi connectivity index (χ3n) is 5.90. The smallest absolute Gasteiger partial charge is 0.292 e. The van der Waals surface area contributed by atoms with Crippen molar-refractivity contribution < 1.29 is 9.72 Å². The second kappa shape index (κ2) is 11.4. The quantitative estimate of drug-likeness (QED) is 0.331. The Bertz CT molecular complexity index is 914. The maximum Gasteiger partial charge on any atom is 0.292 e. The molecule has 1 fully saturated rings.